The van der Waals surface area contributed by atoms with Gasteiger partial charge < -0.3 is 13.8 Å². The number of amides is 1. The van der Waals surface area contributed by atoms with Crippen molar-refractivity contribution in [1.29, 1.82) is 0 Å². The van der Waals surface area contributed by atoms with Crippen LogP contribution in [-0.2, 0) is 21.3 Å². The van der Waals surface area contributed by atoms with Gasteiger partial charge in [-0.3, -0.25) is 0 Å². The van der Waals surface area contributed by atoms with Gasteiger partial charge in [0, 0.05) is 31.0 Å². The number of hydrogen-bond donors (Lipinski definition) is 0. The number of carbonyl (C=O) groups excluding carboxylic acids is 1. The van der Waals surface area contributed by atoms with E-state index in [4.69, 9.17) is 4.74 Å². The minimum absolute atomic E-state index is 0.119. The molecule has 0 aliphatic carbocycles. The van der Waals surface area contributed by atoms with Crippen molar-refractivity contribution >= 4 is 16.2 Å². The maximum atomic E-state index is 12.9. The van der Waals surface area contributed by atoms with E-state index in [1.165, 1.54) is 4.90 Å². The van der Waals surface area contributed by atoms with Crippen LogP contribution in [0.15, 0.2) is 0 Å². The number of ether oxygens (including phenoxy) is 1. The Hall–Kier alpha value is -1.98. The maximum absolute atomic E-state index is 12.9. The third-order valence-corrected chi connectivity index (χ3v) is 5.14. The smallest absolute Gasteiger partial charge is 0.444 e. The molecular formula is C17H26F3N3O5S. The Morgan fingerprint density at radius 3 is 2.31 bits per heavy atom. The zero-order valence-corrected chi connectivity index (χ0v) is 18.0. The lowest BCUT2D eigenvalue weighted by Crippen LogP contribution is -2.39. The van der Waals surface area contributed by atoms with Crippen LogP contribution in [0.1, 0.15) is 64.8 Å². The molecule has 0 N–H and O–H groups in total. The van der Waals surface area contributed by atoms with E-state index in [0.29, 0.717) is 5.69 Å². The molecular weight excluding hydrogens is 415 g/mol. The van der Waals surface area contributed by atoms with E-state index in [2.05, 4.69) is 9.28 Å². The summed E-state index contributed by atoms with van der Waals surface area (Å²) in [7, 11) is -5.87. The van der Waals surface area contributed by atoms with Crippen LogP contribution in [0.4, 0.5) is 18.0 Å². The largest absolute Gasteiger partial charge is 0.534 e. The first-order chi connectivity index (χ1) is 13.0. The van der Waals surface area contributed by atoms with E-state index in [1.54, 1.807) is 41.5 Å². The molecule has 1 aliphatic heterocycles. The second-order valence-electron chi connectivity index (χ2n) is 8.26. The van der Waals surface area contributed by atoms with E-state index >= 15 is 0 Å². The second-order valence-corrected chi connectivity index (χ2v) is 9.80. The predicted molar refractivity (Wildman–Crippen MR) is 98.1 cm³/mol. The lowest BCUT2D eigenvalue weighted by atomic mass is 10.0. The van der Waals surface area contributed by atoms with E-state index in [1.807, 2.05) is 0 Å². The fourth-order valence-electron chi connectivity index (χ4n) is 2.99. The third kappa shape index (κ3) is 5.14. The van der Waals surface area contributed by atoms with Crippen molar-refractivity contribution in [1.82, 2.24) is 14.7 Å². The van der Waals surface area contributed by atoms with E-state index < -0.39 is 45.2 Å². The Kier molecular flexibility index (Phi) is 6.18. The Morgan fingerprint density at radius 2 is 1.83 bits per heavy atom. The number of hydrogen-bond acceptors (Lipinski definition) is 6. The molecule has 0 aromatic carbocycles. The summed E-state index contributed by atoms with van der Waals surface area (Å²) in [5.74, 6) is -0.989. The summed E-state index contributed by atoms with van der Waals surface area (Å²) in [6.45, 7) is 10.5. The first-order valence-electron chi connectivity index (χ1n) is 9.13. The van der Waals surface area contributed by atoms with Gasteiger partial charge in [-0.25, -0.2) is 9.48 Å². The van der Waals surface area contributed by atoms with E-state index in [9.17, 15) is 26.4 Å². The van der Waals surface area contributed by atoms with Gasteiger partial charge in [-0.1, -0.05) is 6.92 Å². The summed E-state index contributed by atoms with van der Waals surface area (Å²) >= 11 is 0. The standard InChI is InChI=1S/C17H26F3N3O5S/c1-10(2)23-14(28-29(25,26)17(18,19)20)13-11(3)9-22(8-7-12(13)21-23)15(24)27-16(4,5)6/h10-11H,7-9H2,1-6H3. The van der Waals surface area contributed by atoms with Gasteiger partial charge in [0.2, 0.25) is 5.88 Å². The van der Waals surface area contributed by atoms with Crippen LogP contribution < -0.4 is 4.18 Å². The quantitative estimate of drug-likeness (QED) is 0.526. The van der Waals surface area contributed by atoms with Crippen LogP contribution in [0.3, 0.4) is 0 Å². The molecule has 1 atom stereocenters. The van der Waals surface area contributed by atoms with E-state index in [0.717, 1.165) is 4.68 Å². The van der Waals surface area contributed by atoms with Crippen molar-refractivity contribution in [3.05, 3.63) is 11.3 Å². The maximum Gasteiger partial charge on any atom is 0.534 e. The molecule has 1 amide bonds. The summed E-state index contributed by atoms with van der Waals surface area (Å²) in [5.41, 5.74) is -5.63. The number of carbonyl (C=O) groups is 1. The van der Waals surface area contributed by atoms with Crippen LogP contribution in [0, 0.1) is 0 Å². The average molecular weight is 441 g/mol. The molecule has 29 heavy (non-hydrogen) atoms. The highest BCUT2D eigenvalue weighted by molar-refractivity contribution is 7.87. The van der Waals surface area contributed by atoms with Crippen LogP contribution in [-0.4, -0.2) is 53.4 Å². The first-order valence-corrected chi connectivity index (χ1v) is 10.5. The highest BCUT2D eigenvalue weighted by Gasteiger charge is 2.50. The number of nitrogens with zero attached hydrogens (tertiary/aromatic N) is 3. The Morgan fingerprint density at radius 1 is 1.24 bits per heavy atom. The number of aromatic nitrogens is 2. The molecule has 0 spiro atoms. The fourth-order valence-corrected chi connectivity index (χ4v) is 3.46. The molecule has 0 saturated carbocycles. The van der Waals surface area contributed by atoms with Gasteiger partial charge in [0.15, 0.2) is 0 Å². The average Bonchev–Trinajstić information content (AvgIpc) is 2.77. The minimum atomic E-state index is -5.87. The van der Waals surface area contributed by atoms with Gasteiger partial charge in [-0.15, -0.1) is 0 Å². The van der Waals surface area contributed by atoms with Crippen molar-refractivity contribution in [2.45, 2.75) is 71.0 Å². The molecule has 2 rings (SSSR count). The van der Waals surface area contributed by atoms with Gasteiger partial charge in [0.05, 0.1) is 11.7 Å². The molecule has 1 unspecified atom stereocenters. The van der Waals surface area contributed by atoms with Crippen molar-refractivity contribution < 1.29 is 35.3 Å². The van der Waals surface area contributed by atoms with Crippen LogP contribution >= 0.6 is 0 Å². The van der Waals surface area contributed by atoms with E-state index in [-0.39, 0.29) is 25.1 Å². The Balaban J connectivity index is 2.42. The molecule has 0 bridgehead atoms. The highest BCUT2D eigenvalue weighted by Crippen LogP contribution is 2.38. The zero-order chi connectivity index (χ0) is 22.4. The van der Waals surface area contributed by atoms with Crippen molar-refractivity contribution in [2.75, 3.05) is 13.1 Å². The second kappa shape index (κ2) is 7.69. The molecule has 1 aromatic heterocycles. The summed E-state index contributed by atoms with van der Waals surface area (Å²) in [5, 5.41) is 4.28. The monoisotopic (exact) mass is 441 g/mol. The predicted octanol–water partition coefficient (Wildman–Crippen LogP) is 3.59. The normalized spacial score (nSPS) is 18.4. The van der Waals surface area contributed by atoms with Crippen molar-refractivity contribution in [3.63, 3.8) is 0 Å². The third-order valence-electron chi connectivity index (χ3n) is 4.20. The Labute approximate surface area is 168 Å². The fraction of sp³-hybridized carbons (Fsp3) is 0.765. The van der Waals surface area contributed by atoms with Gasteiger partial charge in [0.1, 0.15) is 5.60 Å². The summed E-state index contributed by atoms with van der Waals surface area (Å²) < 4.78 is 72.9. The summed E-state index contributed by atoms with van der Waals surface area (Å²) in [6, 6.07) is -0.436. The van der Waals surface area contributed by atoms with Gasteiger partial charge in [0.25, 0.3) is 0 Å². The number of halogens is 3. The van der Waals surface area contributed by atoms with Crippen LogP contribution in [0.5, 0.6) is 5.88 Å². The van der Waals surface area contributed by atoms with Crippen molar-refractivity contribution in [2.24, 2.45) is 0 Å². The van der Waals surface area contributed by atoms with Crippen LogP contribution in [0.25, 0.3) is 0 Å². The molecule has 1 aliphatic rings. The highest BCUT2D eigenvalue weighted by atomic mass is 32.2. The van der Waals surface area contributed by atoms with Crippen molar-refractivity contribution in [3.8, 4) is 5.88 Å². The number of rotatable bonds is 3. The molecule has 1 aromatic rings. The van der Waals surface area contributed by atoms with Gasteiger partial charge in [-0.05, 0) is 34.6 Å². The topological polar surface area (TPSA) is 90.7 Å². The summed E-state index contributed by atoms with van der Waals surface area (Å²) in [6.07, 6.45) is -0.335. The number of fused-ring (bicyclic) bond motifs is 1. The van der Waals surface area contributed by atoms with Gasteiger partial charge >= 0.3 is 21.7 Å². The molecule has 0 saturated heterocycles. The molecule has 0 fully saturated rings. The lowest BCUT2D eigenvalue weighted by Gasteiger charge is -2.27. The summed E-state index contributed by atoms with van der Waals surface area (Å²) in [4.78, 5) is 13.8. The molecule has 12 heteroatoms. The lowest BCUT2D eigenvalue weighted by molar-refractivity contribution is -0.0503. The molecule has 0 radical (unpaired) electrons. The minimum Gasteiger partial charge on any atom is -0.444 e. The number of alkyl halides is 3. The zero-order valence-electron chi connectivity index (χ0n) is 17.2. The SMILES string of the molecule is CC1CN(C(=O)OC(C)(C)C)CCc2nn(C(C)C)c(OS(=O)(=O)C(F)(F)F)c21. The molecule has 8 nitrogen and oxygen atoms in total. The van der Waals surface area contributed by atoms with Crippen LogP contribution in [0.2, 0.25) is 0 Å². The molecule has 2 heterocycles. The first kappa shape index (κ1) is 23.3. The Bertz CT molecular complexity index is 872. The molecule has 166 valence electrons. The van der Waals surface area contributed by atoms with Gasteiger partial charge in [-0.2, -0.15) is 26.7 Å².